The molecule has 0 aliphatic carbocycles. The summed E-state index contributed by atoms with van der Waals surface area (Å²) in [6, 6.07) is 8.53. The molecule has 1 aliphatic heterocycles. The molecule has 0 amide bonds. The van der Waals surface area contributed by atoms with Gasteiger partial charge in [0, 0.05) is 19.6 Å². The van der Waals surface area contributed by atoms with E-state index >= 15 is 0 Å². The van der Waals surface area contributed by atoms with Crippen LogP contribution in [0.3, 0.4) is 0 Å². The Morgan fingerprint density at radius 2 is 2.05 bits per heavy atom. The number of hydrogen-bond donors (Lipinski definition) is 0. The zero-order valence-electron chi connectivity index (χ0n) is 13.0. The molecule has 20 heavy (non-hydrogen) atoms. The first-order valence-electron chi connectivity index (χ1n) is 7.68. The zero-order chi connectivity index (χ0) is 14.4. The minimum Gasteiger partial charge on any atom is -0.497 e. The van der Waals surface area contributed by atoms with Crippen LogP contribution >= 0.6 is 0 Å². The molecular weight excluding hydrogens is 250 g/mol. The number of hydrogen-bond acceptors (Lipinski definition) is 3. The summed E-state index contributed by atoms with van der Waals surface area (Å²) >= 11 is 0. The van der Waals surface area contributed by atoms with Crippen molar-refractivity contribution < 1.29 is 9.47 Å². The van der Waals surface area contributed by atoms with Gasteiger partial charge in [-0.05, 0) is 36.0 Å². The van der Waals surface area contributed by atoms with E-state index < -0.39 is 0 Å². The number of nitrogens with zero attached hydrogens (tertiary/aromatic N) is 1. The maximum atomic E-state index is 5.42. The van der Waals surface area contributed by atoms with Crippen LogP contribution in [0.5, 0.6) is 5.75 Å². The Hall–Kier alpha value is -1.06. The summed E-state index contributed by atoms with van der Waals surface area (Å²) in [5, 5.41) is 0. The van der Waals surface area contributed by atoms with Gasteiger partial charge in [-0.2, -0.15) is 0 Å². The molecule has 0 N–H and O–H groups in total. The monoisotopic (exact) mass is 277 g/mol. The van der Waals surface area contributed by atoms with Crippen LogP contribution in [0.25, 0.3) is 0 Å². The normalized spacial score (nSPS) is 19.6. The number of methoxy groups -OCH3 is 1. The summed E-state index contributed by atoms with van der Waals surface area (Å²) in [7, 11) is 1.73. The Morgan fingerprint density at radius 1 is 1.30 bits per heavy atom. The first-order valence-corrected chi connectivity index (χ1v) is 7.68. The van der Waals surface area contributed by atoms with Crippen molar-refractivity contribution in [3.8, 4) is 5.75 Å². The highest BCUT2D eigenvalue weighted by atomic mass is 16.5. The SMILES string of the molecule is CCC(c1cccc(OC)c1)C(C)CN1CCOCC1. The second kappa shape index (κ2) is 7.65. The summed E-state index contributed by atoms with van der Waals surface area (Å²) in [4.78, 5) is 2.52. The molecule has 1 aliphatic rings. The fourth-order valence-corrected chi connectivity index (χ4v) is 3.16. The largest absolute Gasteiger partial charge is 0.497 e. The van der Waals surface area contributed by atoms with E-state index in [-0.39, 0.29) is 0 Å². The molecule has 112 valence electrons. The van der Waals surface area contributed by atoms with Gasteiger partial charge in [0.15, 0.2) is 0 Å². The van der Waals surface area contributed by atoms with Crippen molar-refractivity contribution in [1.29, 1.82) is 0 Å². The second-order valence-electron chi connectivity index (χ2n) is 5.68. The van der Waals surface area contributed by atoms with Crippen LogP contribution in [0.4, 0.5) is 0 Å². The molecular formula is C17H27NO2. The third kappa shape index (κ3) is 3.97. The minimum atomic E-state index is 0.591. The number of morpholine rings is 1. The highest BCUT2D eigenvalue weighted by Crippen LogP contribution is 2.30. The van der Waals surface area contributed by atoms with Crippen molar-refractivity contribution in [2.24, 2.45) is 5.92 Å². The van der Waals surface area contributed by atoms with Gasteiger partial charge in [-0.3, -0.25) is 4.90 Å². The van der Waals surface area contributed by atoms with E-state index in [0.717, 1.165) is 38.6 Å². The molecule has 0 saturated carbocycles. The fourth-order valence-electron chi connectivity index (χ4n) is 3.16. The summed E-state index contributed by atoms with van der Waals surface area (Å²) < 4.78 is 10.8. The smallest absolute Gasteiger partial charge is 0.119 e. The number of rotatable bonds is 6. The van der Waals surface area contributed by atoms with Crippen LogP contribution in [-0.2, 0) is 4.74 Å². The van der Waals surface area contributed by atoms with E-state index in [4.69, 9.17) is 9.47 Å². The molecule has 1 heterocycles. The van der Waals surface area contributed by atoms with Gasteiger partial charge >= 0.3 is 0 Å². The first kappa shape index (κ1) is 15.3. The third-order valence-electron chi connectivity index (χ3n) is 4.30. The topological polar surface area (TPSA) is 21.7 Å². The van der Waals surface area contributed by atoms with Gasteiger partial charge in [0.25, 0.3) is 0 Å². The molecule has 0 bridgehead atoms. The Kier molecular flexibility index (Phi) is 5.86. The Balaban J connectivity index is 2.01. The van der Waals surface area contributed by atoms with E-state index in [0.29, 0.717) is 11.8 Å². The van der Waals surface area contributed by atoms with Gasteiger partial charge in [-0.25, -0.2) is 0 Å². The molecule has 0 radical (unpaired) electrons. The van der Waals surface area contributed by atoms with Crippen molar-refractivity contribution in [2.45, 2.75) is 26.2 Å². The molecule has 3 heteroatoms. The Labute approximate surface area is 122 Å². The summed E-state index contributed by atoms with van der Waals surface area (Å²) in [6.45, 7) is 9.69. The Morgan fingerprint density at radius 3 is 2.70 bits per heavy atom. The molecule has 3 nitrogen and oxygen atoms in total. The Bertz CT molecular complexity index is 402. The standard InChI is InChI=1S/C17H27NO2/c1-4-17(15-6-5-7-16(12-15)19-3)14(2)13-18-8-10-20-11-9-18/h5-7,12,14,17H,4,8-11,13H2,1-3H3. The van der Waals surface area contributed by atoms with Crippen LogP contribution in [0.15, 0.2) is 24.3 Å². The molecule has 1 saturated heterocycles. The number of ether oxygens (including phenoxy) is 2. The maximum absolute atomic E-state index is 5.42. The second-order valence-corrected chi connectivity index (χ2v) is 5.68. The average molecular weight is 277 g/mol. The summed E-state index contributed by atoms with van der Waals surface area (Å²) in [5.41, 5.74) is 1.40. The maximum Gasteiger partial charge on any atom is 0.119 e. The third-order valence-corrected chi connectivity index (χ3v) is 4.30. The van der Waals surface area contributed by atoms with Gasteiger partial charge in [0.2, 0.25) is 0 Å². The van der Waals surface area contributed by atoms with Crippen LogP contribution in [-0.4, -0.2) is 44.9 Å². The predicted molar refractivity (Wildman–Crippen MR) is 82.4 cm³/mol. The van der Waals surface area contributed by atoms with Crippen molar-refractivity contribution >= 4 is 0 Å². The van der Waals surface area contributed by atoms with E-state index in [1.165, 1.54) is 12.0 Å². The quantitative estimate of drug-likeness (QED) is 0.797. The first-order chi connectivity index (χ1) is 9.74. The predicted octanol–water partition coefficient (Wildman–Crippen LogP) is 3.16. The van der Waals surface area contributed by atoms with Crippen molar-refractivity contribution in [3.05, 3.63) is 29.8 Å². The van der Waals surface area contributed by atoms with Gasteiger partial charge in [0.05, 0.1) is 20.3 Å². The van der Waals surface area contributed by atoms with Crippen LogP contribution in [0.1, 0.15) is 31.7 Å². The molecule has 2 atom stereocenters. The van der Waals surface area contributed by atoms with Gasteiger partial charge < -0.3 is 9.47 Å². The van der Waals surface area contributed by atoms with Crippen LogP contribution in [0.2, 0.25) is 0 Å². The lowest BCUT2D eigenvalue weighted by molar-refractivity contribution is 0.0298. The van der Waals surface area contributed by atoms with E-state index in [2.05, 4.69) is 36.9 Å². The molecule has 1 aromatic rings. The molecule has 2 unspecified atom stereocenters. The molecule has 0 aromatic heterocycles. The van der Waals surface area contributed by atoms with Crippen molar-refractivity contribution in [3.63, 3.8) is 0 Å². The molecule has 1 fully saturated rings. The highest BCUT2D eigenvalue weighted by molar-refractivity contribution is 5.31. The van der Waals surface area contributed by atoms with Crippen LogP contribution in [0, 0.1) is 5.92 Å². The van der Waals surface area contributed by atoms with Crippen LogP contribution < -0.4 is 4.74 Å². The summed E-state index contributed by atoms with van der Waals surface area (Å²) in [6.07, 6.45) is 1.17. The van der Waals surface area contributed by atoms with Gasteiger partial charge in [-0.1, -0.05) is 26.0 Å². The van der Waals surface area contributed by atoms with E-state index in [1.807, 2.05) is 6.07 Å². The molecule has 2 rings (SSSR count). The summed E-state index contributed by atoms with van der Waals surface area (Å²) in [5.74, 6) is 2.19. The van der Waals surface area contributed by atoms with Gasteiger partial charge in [-0.15, -0.1) is 0 Å². The van der Waals surface area contributed by atoms with Crippen molar-refractivity contribution in [2.75, 3.05) is 40.0 Å². The fraction of sp³-hybridized carbons (Fsp3) is 0.647. The van der Waals surface area contributed by atoms with Gasteiger partial charge in [0.1, 0.15) is 5.75 Å². The zero-order valence-corrected chi connectivity index (χ0v) is 13.0. The van der Waals surface area contributed by atoms with E-state index in [9.17, 15) is 0 Å². The molecule has 0 spiro atoms. The minimum absolute atomic E-state index is 0.591. The lowest BCUT2D eigenvalue weighted by atomic mass is 9.84. The highest BCUT2D eigenvalue weighted by Gasteiger charge is 2.21. The molecule has 1 aromatic carbocycles. The lowest BCUT2D eigenvalue weighted by Gasteiger charge is -2.32. The van der Waals surface area contributed by atoms with E-state index in [1.54, 1.807) is 7.11 Å². The lowest BCUT2D eigenvalue weighted by Crippen LogP contribution is -2.39. The average Bonchev–Trinajstić information content (AvgIpc) is 2.49. The number of benzene rings is 1. The van der Waals surface area contributed by atoms with Crippen molar-refractivity contribution in [1.82, 2.24) is 4.90 Å².